The largest absolute Gasteiger partial charge is 0.341 e. The highest BCUT2D eigenvalue weighted by Crippen LogP contribution is 2.41. The molecule has 2 aromatic heterocycles. The first-order chi connectivity index (χ1) is 14.2. The number of carbonyl (C=O) groups excluding carboxylic acids is 1. The fourth-order valence-corrected chi connectivity index (χ4v) is 3.62. The molecule has 0 unspecified atom stereocenters. The summed E-state index contributed by atoms with van der Waals surface area (Å²) in [5.41, 5.74) is -0.00582. The van der Waals surface area contributed by atoms with Gasteiger partial charge in [-0.25, -0.2) is 23.1 Å². The third-order valence-electron chi connectivity index (χ3n) is 5.13. The summed E-state index contributed by atoms with van der Waals surface area (Å²) >= 11 is 3.33. The van der Waals surface area contributed by atoms with Gasteiger partial charge in [0.1, 0.15) is 21.5 Å². The van der Waals surface area contributed by atoms with Gasteiger partial charge in [-0.15, -0.1) is 0 Å². The van der Waals surface area contributed by atoms with E-state index in [-0.39, 0.29) is 30.1 Å². The van der Waals surface area contributed by atoms with Crippen LogP contribution in [0.2, 0.25) is 0 Å². The summed E-state index contributed by atoms with van der Waals surface area (Å²) in [6.07, 6.45) is -0.531. The SMILES string of the molecule is CC(C)n1cnc2cc(Br)nc(Nc3ccc(C(=O)NC4(C(F)F)CC4)cc3F)c21. The number of hydrogen-bond acceptors (Lipinski definition) is 4. The Kier molecular flexibility index (Phi) is 5.21. The number of benzene rings is 1. The summed E-state index contributed by atoms with van der Waals surface area (Å²) < 4.78 is 43.3. The lowest BCUT2D eigenvalue weighted by Gasteiger charge is -2.17. The van der Waals surface area contributed by atoms with Crippen molar-refractivity contribution in [2.75, 3.05) is 5.32 Å². The van der Waals surface area contributed by atoms with Crippen LogP contribution in [0.15, 0.2) is 35.2 Å². The second kappa shape index (κ2) is 7.57. The summed E-state index contributed by atoms with van der Waals surface area (Å²) in [6.45, 7) is 3.99. The number of hydrogen-bond donors (Lipinski definition) is 2. The Balaban J connectivity index is 1.62. The molecule has 1 saturated carbocycles. The highest BCUT2D eigenvalue weighted by molar-refractivity contribution is 9.10. The van der Waals surface area contributed by atoms with Crippen LogP contribution in [0.4, 0.5) is 24.7 Å². The van der Waals surface area contributed by atoms with Crippen molar-refractivity contribution in [3.05, 3.63) is 46.6 Å². The van der Waals surface area contributed by atoms with Crippen molar-refractivity contribution in [3.63, 3.8) is 0 Å². The molecular weight excluding hydrogens is 463 g/mol. The number of imidazole rings is 1. The number of carbonyl (C=O) groups is 1. The fourth-order valence-electron chi connectivity index (χ4n) is 3.22. The fraction of sp³-hybridized carbons (Fsp3) is 0.350. The zero-order valence-corrected chi connectivity index (χ0v) is 17.8. The van der Waals surface area contributed by atoms with Crippen LogP contribution in [0, 0.1) is 5.82 Å². The molecule has 6 nitrogen and oxygen atoms in total. The first kappa shape index (κ1) is 20.6. The number of anilines is 2. The molecule has 2 N–H and O–H groups in total. The quantitative estimate of drug-likeness (QED) is 0.475. The number of rotatable bonds is 6. The van der Waals surface area contributed by atoms with Crippen molar-refractivity contribution in [3.8, 4) is 0 Å². The van der Waals surface area contributed by atoms with Crippen LogP contribution in [0.1, 0.15) is 43.1 Å². The van der Waals surface area contributed by atoms with E-state index in [1.54, 1.807) is 12.4 Å². The number of alkyl halides is 2. The van der Waals surface area contributed by atoms with Crippen LogP contribution in [0.5, 0.6) is 0 Å². The predicted molar refractivity (Wildman–Crippen MR) is 111 cm³/mol. The highest BCUT2D eigenvalue weighted by Gasteiger charge is 2.52. The Hall–Kier alpha value is -2.62. The number of nitrogens with one attached hydrogen (secondary N) is 2. The molecule has 4 rings (SSSR count). The van der Waals surface area contributed by atoms with E-state index >= 15 is 0 Å². The molecular formula is C20H19BrF3N5O. The molecule has 2 heterocycles. The lowest BCUT2D eigenvalue weighted by atomic mass is 10.1. The maximum atomic E-state index is 14.7. The summed E-state index contributed by atoms with van der Waals surface area (Å²) in [4.78, 5) is 21.0. The van der Waals surface area contributed by atoms with E-state index in [1.165, 1.54) is 12.1 Å². The maximum Gasteiger partial charge on any atom is 0.261 e. The van der Waals surface area contributed by atoms with Gasteiger partial charge in [0, 0.05) is 11.6 Å². The van der Waals surface area contributed by atoms with Crippen LogP contribution >= 0.6 is 15.9 Å². The summed E-state index contributed by atoms with van der Waals surface area (Å²) in [7, 11) is 0. The third-order valence-corrected chi connectivity index (χ3v) is 5.54. The van der Waals surface area contributed by atoms with E-state index < -0.39 is 23.7 Å². The molecule has 1 fully saturated rings. The average molecular weight is 482 g/mol. The van der Waals surface area contributed by atoms with Crippen LogP contribution in [0.3, 0.4) is 0 Å². The van der Waals surface area contributed by atoms with Crippen LogP contribution in [-0.4, -0.2) is 32.4 Å². The normalized spacial score (nSPS) is 15.1. The van der Waals surface area contributed by atoms with Gasteiger partial charge in [-0.05, 0) is 66.9 Å². The van der Waals surface area contributed by atoms with Crippen molar-refractivity contribution in [1.82, 2.24) is 19.9 Å². The van der Waals surface area contributed by atoms with Crippen molar-refractivity contribution in [2.24, 2.45) is 0 Å². The van der Waals surface area contributed by atoms with E-state index in [2.05, 4.69) is 36.5 Å². The topological polar surface area (TPSA) is 71.8 Å². The van der Waals surface area contributed by atoms with Crippen LogP contribution < -0.4 is 10.6 Å². The zero-order valence-electron chi connectivity index (χ0n) is 16.2. The predicted octanol–water partition coefficient (Wildman–Crippen LogP) is 5.18. The number of aromatic nitrogens is 3. The first-order valence-corrected chi connectivity index (χ1v) is 10.2. The molecule has 1 amide bonds. The second-order valence-corrected chi connectivity index (χ2v) is 8.45. The van der Waals surface area contributed by atoms with Gasteiger partial charge in [-0.2, -0.15) is 0 Å². The molecule has 3 aromatic rings. The highest BCUT2D eigenvalue weighted by atomic mass is 79.9. The third kappa shape index (κ3) is 3.76. The van der Waals surface area contributed by atoms with Crippen LogP contribution in [-0.2, 0) is 0 Å². The minimum absolute atomic E-state index is 0.0236. The Bertz CT molecular complexity index is 1130. The van der Waals surface area contributed by atoms with Crippen LogP contribution in [0.25, 0.3) is 11.0 Å². The number of fused-ring (bicyclic) bond motifs is 1. The van der Waals surface area contributed by atoms with E-state index in [4.69, 9.17) is 0 Å². The minimum Gasteiger partial charge on any atom is -0.341 e. The smallest absolute Gasteiger partial charge is 0.261 e. The lowest BCUT2D eigenvalue weighted by molar-refractivity contribution is 0.0679. The molecule has 0 radical (unpaired) electrons. The first-order valence-electron chi connectivity index (χ1n) is 9.40. The van der Waals surface area contributed by atoms with Gasteiger partial charge in [0.05, 0.1) is 17.5 Å². The van der Waals surface area contributed by atoms with Gasteiger partial charge in [-0.3, -0.25) is 4.79 Å². The molecule has 0 atom stereocenters. The Morgan fingerprint density at radius 2 is 2.00 bits per heavy atom. The van der Waals surface area contributed by atoms with E-state index in [0.717, 1.165) is 6.07 Å². The molecule has 158 valence electrons. The van der Waals surface area contributed by atoms with Crippen molar-refractivity contribution in [2.45, 2.75) is 44.7 Å². The lowest BCUT2D eigenvalue weighted by Crippen LogP contribution is -2.42. The summed E-state index contributed by atoms with van der Waals surface area (Å²) in [6, 6.07) is 5.67. The Morgan fingerprint density at radius 3 is 2.60 bits per heavy atom. The number of nitrogens with zero attached hydrogens (tertiary/aromatic N) is 3. The maximum absolute atomic E-state index is 14.7. The molecule has 1 aromatic carbocycles. The molecule has 10 heteroatoms. The molecule has 30 heavy (non-hydrogen) atoms. The van der Waals surface area contributed by atoms with Gasteiger partial charge in [0.15, 0.2) is 5.82 Å². The second-order valence-electron chi connectivity index (χ2n) is 7.64. The number of halogens is 4. The zero-order chi connectivity index (χ0) is 21.6. The molecule has 0 saturated heterocycles. The van der Waals surface area contributed by atoms with E-state index in [0.29, 0.717) is 21.5 Å². The summed E-state index contributed by atoms with van der Waals surface area (Å²) in [5.74, 6) is -1.02. The Morgan fingerprint density at radius 1 is 1.27 bits per heavy atom. The van der Waals surface area contributed by atoms with E-state index in [1.807, 2.05) is 18.4 Å². The van der Waals surface area contributed by atoms with Gasteiger partial charge in [0.25, 0.3) is 12.3 Å². The Labute approximate surface area is 179 Å². The van der Waals surface area contributed by atoms with E-state index in [9.17, 15) is 18.0 Å². The van der Waals surface area contributed by atoms with Gasteiger partial charge in [-0.1, -0.05) is 0 Å². The molecule has 0 aliphatic heterocycles. The molecule has 1 aliphatic rings. The molecule has 1 aliphatic carbocycles. The number of pyridine rings is 1. The van der Waals surface area contributed by atoms with Crippen molar-refractivity contribution < 1.29 is 18.0 Å². The molecule has 0 bridgehead atoms. The number of amides is 1. The monoisotopic (exact) mass is 481 g/mol. The van der Waals surface area contributed by atoms with Crippen molar-refractivity contribution >= 4 is 44.4 Å². The molecule has 0 spiro atoms. The summed E-state index contributed by atoms with van der Waals surface area (Å²) in [5, 5.41) is 5.28. The van der Waals surface area contributed by atoms with Gasteiger partial charge >= 0.3 is 0 Å². The average Bonchev–Trinajstić information content (AvgIpc) is 3.33. The van der Waals surface area contributed by atoms with Crippen molar-refractivity contribution in [1.29, 1.82) is 0 Å². The van der Waals surface area contributed by atoms with Gasteiger partial charge < -0.3 is 15.2 Å². The van der Waals surface area contributed by atoms with Gasteiger partial charge in [0.2, 0.25) is 0 Å². The minimum atomic E-state index is -2.65. The standard InChI is InChI=1S/C20H19BrF3N5O/c1-10(2)29-9-25-14-8-15(21)27-17(16(14)29)26-13-4-3-11(7-12(13)22)18(30)28-20(5-6-20)19(23)24/h3-4,7-10,19H,5-6H2,1-2H3,(H,26,27)(H,28,30).